The monoisotopic (exact) mass is 404 g/mol. The number of hydrogen-bond acceptors (Lipinski definition) is 3. The standard InChI is InChI=1S/C20H19F3N4O2/c1-2-14-5-7-15(8-6-14)12-27-17(9-10-24-27)25-18(28)13-26-11-3-4-16(19(26)29)20(21,22)23/h3-11H,2,12-13H2,1H3,(H,25,28). The summed E-state index contributed by atoms with van der Waals surface area (Å²) in [6.45, 7) is 1.93. The lowest BCUT2D eigenvalue weighted by atomic mass is 10.1. The van der Waals surface area contributed by atoms with E-state index < -0.39 is 29.8 Å². The minimum Gasteiger partial charge on any atom is -0.309 e. The van der Waals surface area contributed by atoms with Gasteiger partial charge in [-0.1, -0.05) is 31.2 Å². The molecular formula is C20H19F3N4O2. The molecule has 1 aromatic carbocycles. The van der Waals surface area contributed by atoms with Gasteiger partial charge in [-0.2, -0.15) is 18.3 Å². The lowest BCUT2D eigenvalue weighted by Gasteiger charge is -2.12. The summed E-state index contributed by atoms with van der Waals surface area (Å²) in [6.07, 6.45) is -1.20. The summed E-state index contributed by atoms with van der Waals surface area (Å²) in [4.78, 5) is 24.2. The summed E-state index contributed by atoms with van der Waals surface area (Å²) >= 11 is 0. The quantitative estimate of drug-likeness (QED) is 0.685. The molecule has 6 nitrogen and oxygen atoms in total. The van der Waals surface area contributed by atoms with E-state index in [1.807, 2.05) is 24.3 Å². The van der Waals surface area contributed by atoms with Crippen LogP contribution in [0.3, 0.4) is 0 Å². The first-order valence-corrected chi connectivity index (χ1v) is 8.94. The second kappa shape index (κ2) is 8.34. The van der Waals surface area contributed by atoms with Crippen molar-refractivity contribution in [3.8, 4) is 0 Å². The number of rotatable bonds is 6. The minimum absolute atomic E-state index is 0.384. The zero-order valence-electron chi connectivity index (χ0n) is 15.6. The number of benzene rings is 1. The van der Waals surface area contributed by atoms with Crippen molar-refractivity contribution in [2.24, 2.45) is 0 Å². The molecular weight excluding hydrogens is 385 g/mol. The summed E-state index contributed by atoms with van der Waals surface area (Å²) < 4.78 is 40.8. The number of hydrogen-bond donors (Lipinski definition) is 1. The fourth-order valence-corrected chi connectivity index (χ4v) is 2.83. The third-order valence-electron chi connectivity index (χ3n) is 4.39. The molecule has 0 saturated carbocycles. The van der Waals surface area contributed by atoms with Crippen molar-refractivity contribution in [1.82, 2.24) is 14.3 Å². The number of aryl methyl sites for hydroxylation is 1. The van der Waals surface area contributed by atoms with E-state index in [-0.39, 0.29) is 0 Å². The summed E-state index contributed by atoms with van der Waals surface area (Å²) in [6, 6.07) is 11.3. The van der Waals surface area contributed by atoms with Gasteiger partial charge in [0.25, 0.3) is 5.56 Å². The van der Waals surface area contributed by atoms with E-state index in [2.05, 4.69) is 17.3 Å². The Morgan fingerprint density at radius 2 is 1.79 bits per heavy atom. The zero-order chi connectivity index (χ0) is 21.0. The van der Waals surface area contributed by atoms with Crippen LogP contribution in [-0.4, -0.2) is 20.3 Å². The first-order chi connectivity index (χ1) is 13.8. The highest BCUT2D eigenvalue weighted by Gasteiger charge is 2.34. The van der Waals surface area contributed by atoms with E-state index in [4.69, 9.17) is 0 Å². The Morgan fingerprint density at radius 3 is 2.45 bits per heavy atom. The third-order valence-corrected chi connectivity index (χ3v) is 4.39. The van der Waals surface area contributed by atoms with Crippen LogP contribution in [0.25, 0.3) is 0 Å². The van der Waals surface area contributed by atoms with E-state index in [1.54, 1.807) is 10.7 Å². The summed E-state index contributed by atoms with van der Waals surface area (Å²) in [7, 11) is 0. The molecule has 3 aromatic rings. The highest BCUT2D eigenvalue weighted by molar-refractivity contribution is 5.89. The second-order valence-corrected chi connectivity index (χ2v) is 6.44. The maximum absolute atomic E-state index is 12.9. The molecule has 0 fully saturated rings. The van der Waals surface area contributed by atoms with Crippen molar-refractivity contribution in [2.75, 3.05) is 5.32 Å². The number of carbonyl (C=O) groups excluding carboxylic acids is 1. The number of anilines is 1. The molecule has 0 aliphatic carbocycles. The Hall–Kier alpha value is -3.36. The van der Waals surface area contributed by atoms with Crippen LogP contribution in [0.1, 0.15) is 23.6 Å². The van der Waals surface area contributed by atoms with Crippen LogP contribution in [0.5, 0.6) is 0 Å². The molecule has 1 amide bonds. The third kappa shape index (κ3) is 4.92. The van der Waals surface area contributed by atoms with E-state index >= 15 is 0 Å². The highest BCUT2D eigenvalue weighted by Crippen LogP contribution is 2.26. The van der Waals surface area contributed by atoms with Gasteiger partial charge in [0.15, 0.2) is 0 Å². The largest absolute Gasteiger partial charge is 0.421 e. The Balaban J connectivity index is 1.71. The molecule has 152 valence electrons. The average Bonchev–Trinajstić information content (AvgIpc) is 3.09. The fraction of sp³-hybridized carbons (Fsp3) is 0.250. The maximum atomic E-state index is 12.9. The molecule has 0 aliphatic rings. The van der Waals surface area contributed by atoms with Gasteiger partial charge in [-0.25, -0.2) is 4.68 Å². The molecule has 0 radical (unpaired) electrons. The van der Waals surface area contributed by atoms with E-state index in [9.17, 15) is 22.8 Å². The van der Waals surface area contributed by atoms with Crippen molar-refractivity contribution in [2.45, 2.75) is 32.6 Å². The molecule has 0 unspecified atom stereocenters. The minimum atomic E-state index is -4.78. The van der Waals surface area contributed by atoms with Gasteiger partial charge in [-0.3, -0.25) is 9.59 Å². The van der Waals surface area contributed by atoms with Gasteiger partial charge < -0.3 is 9.88 Å². The van der Waals surface area contributed by atoms with Crippen molar-refractivity contribution >= 4 is 11.7 Å². The highest BCUT2D eigenvalue weighted by atomic mass is 19.4. The Labute approximate surface area is 164 Å². The molecule has 9 heteroatoms. The number of nitrogens with zero attached hydrogens (tertiary/aromatic N) is 3. The van der Waals surface area contributed by atoms with Gasteiger partial charge in [0, 0.05) is 12.3 Å². The summed E-state index contributed by atoms with van der Waals surface area (Å²) in [5, 5.41) is 6.75. The van der Waals surface area contributed by atoms with Gasteiger partial charge in [-0.05, 0) is 29.7 Å². The smallest absolute Gasteiger partial charge is 0.309 e. The lowest BCUT2D eigenvalue weighted by Crippen LogP contribution is -2.32. The maximum Gasteiger partial charge on any atom is 0.421 e. The Kier molecular flexibility index (Phi) is 5.86. The van der Waals surface area contributed by atoms with Gasteiger partial charge in [0.1, 0.15) is 17.9 Å². The summed E-state index contributed by atoms with van der Waals surface area (Å²) in [5.74, 6) is -0.246. The van der Waals surface area contributed by atoms with Crippen LogP contribution in [0.15, 0.2) is 59.7 Å². The number of aromatic nitrogens is 3. The van der Waals surface area contributed by atoms with Gasteiger partial charge >= 0.3 is 6.18 Å². The number of amides is 1. The molecule has 29 heavy (non-hydrogen) atoms. The first-order valence-electron chi connectivity index (χ1n) is 8.94. The van der Waals surface area contributed by atoms with E-state index in [0.717, 1.165) is 28.8 Å². The Morgan fingerprint density at radius 1 is 1.10 bits per heavy atom. The number of halogens is 3. The van der Waals surface area contributed by atoms with E-state index in [0.29, 0.717) is 18.4 Å². The van der Waals surface area contributed by atoms with Crippen LogP contribution >= 0.6 is 0 Å². The fourth-order valence-electron chi connectivity index (χ4n) is 2.83. The molecule has 1 N–H and O–H groups in total. The predicted molar refractivity (Wildman–Crippen MR) is 101 cm³/mol. The normalized spacial score (nSPS) is 11.4. The SMILES string of the molecule is CCc1ccc(Cn2nccc2NC(=O)Cn2cccc(C(F)(F)F)c2=O)cc1. The van der Waals surface area contributed by atoms with Gasteiger partial charge in [-0.15, -0.1) is 0 Å². The van der Waals surface area contributed by atoms with E-state index in [1.165, 1.54) is 11.8 Å². The Bertz CT molecular complexity index is 1050. The predicted octanol–water partition coefficient (Wildman–Crippen LogP) is 3.31. The van der Waals surface area contributed by atoms with Crippen molar-refractivity contribution < 1.29 is 18.0 Å². The van der Waals surface area contributed by atoms with Crippen LogP contribution in [0.4, 0.5) is 19.0 Å². The second-order valence-electron chi connectivity index (χ2n) is 6.44. The number of nitrogens with one attached hydrogen (secondary N) is 1. The lowest BCUT2D eigenvalue weighted by molar-refractivity contribution is -0.139. The molecule has 0 spiro atoms. The summed E-state index contributed by atoms with van der Waals surface area (Å²) in [5.41, 5.74) is -0.391. The molecule has 0 aliphatic heterocycles. The molecule has 0 bridgehead atoms. The van der Waals surface area contributed by atoms with Crippen molar-refractivity contribution in [3.63, 3.8) is 0 Å². The molecule has 0 atom stereocenters. The topological polar surface area (TPSA) is 68.9 Å². The number of alkyl halides is 3. The van der Waals surface area contributed by atoms with Gasteiger partial charge in [0.05, 0.1) is 12.7 Å². The number of carbonyl (C=O) groups is 1. The first kappa shape index (κ1) is 20.4. The molecule has 0 saturated heterocycles. The van der Waals surface area contributed by atoms with Crippen LogP contribution in [-0.2, 0) is 30.5 Å². The van der Waals surface area contributed by atoms with Crippen molar-refractivity contribution in [1.29, 1.82) is 0 Å². The van der Waals surface area contributed by atoms with Crippen LogP contribution in [0, 0.1) is 0 Å². The van der Waals surface area contributed by atoms with Crippen LogP contribution in [0.2, 0.25) is 0 Å². The van der Waals surface area contributed by atoms with Gasteiger partial charge in [0.2, 0.25) is 5.91 Å². The number of pyridine rings is 1. The molecule has 2 aromatic heterocycles. The molecule has 3 rings (SSSR count). The van der Waals surface area contributed by atoms with Crippen LogP contribution < -0.4 is 10.9 Å². The molecule has 2 heterocycles. The average molecular weight is 404 g/mol. The van der Waals surface area contributed by atoms with Crippen molar-refractivity contribution in [3.05, 3.63) is 81.9 Å². The zero-order valence-corrected chi connectivity index (χ0v) is 15.6.